The molecule has 9 nitrogen and oxygen atoms in total. The molecular formula is C32H41FN4O5. The van der Waals surface area contributed by atoms with Crippen LogP contribution in [-0.4, -0.2) is 72.5 Å². The SMILES string of the molecule is CC(F)CNC(=O)[C@@H]1CCCCOc2cccc(c2)C[C@H](N2CCCC2=O)C(=O)N[C@@H](CCc2ccccc2)C(=O)N1. The maximum atomic E-state index is 13.9. The van der Waals surface area contributed by atoms with Crippen molar-refractivity contribution in [3.05, 3.63) is 65.7 Å². The molecule has 0 spiro atoms. The number of nitrogens with one attached hydrogen (secondary N) is 3. The van der Waals surface area contributed by atoms with E-state index in [0.717, 1.165) is 11.1 Å². The minimum Gasteiger partial charge on any atom is -0.494 e. The second-order valence-corrected chi connectivity index (χ2v) is 11.1. The summed E-state index contributed by atoms with van der Waals surface area (Å²) in [5.74, 6) is -0.835. The van der Waals surface area contributed by atoms with Crippen LogP contribution in [0, 0.1) is 0 Å². The molecular weight excluding hydrogens is 539 g/mol. The van der Waals surface area contributed by atoms with Gasteiger partial charge < -0.3 is 25.6 Å². The Hall–Kier alpha value is -3.95. The molecule has 4 amide bonds. The van der Waals surface area contributed by atoms with Crippen LogP contribution in [0.25, 0.3) is 0 Å². The highest BCUT2D eigenvalue weighted by Crippen LogP contribution is 2.21. The number of nitrogens with zero attached hydrogens (tertiary/aromatic N) is 1. The summed E-state index contributed by atoms with van der Waals surface area (Å²) in [5.41, 5.74) is 1.85. The van der Waals surface area contributed by atoms with Gasteiger partial charge in [0.25, 0.3) is 0 Å². The van der Waals surface area contributed by atoms with E-state index in [1.807, 2.05) is 54.6 Å². The molecule has 1 unspecified atom stereocenters. The molecule has 10 heteroatoms. The zero-order valence-electron chi connectivity index (χ0n) is 24.2. The topological polar surface area (TPSA) is 117 Å². The van der Waals surface area contributed by atoms with Gasteiger partial charge >= 0.3 is 0 Å². The summed E-state index contributed by atoms with van der Waals surface area (Å²) >= 11 is 0. The summed E-state index contributed by atoms with van der Waals surface area (Å²) in [4.78, 5) is 54.8. The monoisotopic (exact) mass is 580 g/mol. The molecule has 0 saturated carbocycles. The highest BCUT2D eigenvalue weighted by atomic mass is 19.1. The summed E-state index contributed by atoms with van der Waals surface area (Å²) in [6.07, 6.45) is 2.44. The Morgan fingerprint density at radius 3 is 2.60 bits per heavy atom. The molecule has 2 bridgehead atoms. The summed E-state index contributed by atoms with van der Waals surface area (Å²) in [5, 5.41) is 8.30. The third-order valence-corrected chi connectivity index (χ3v) is 7.66. The Labute approximate surface area is 246 Å². The molecule has 226 valence electrons. The second-order valence-electron chi connectivity index (χ2n) is 11.1. The van der Waals surface area contributed by atoms with Crippen LogP contribution in [0.2, 0.25) is 0 Å². The lowest BCUT2D eigenvalue weighted by atomic mass is 10.0. The number of likely N-dealkylation sites (tertiary alicyclic amines) is 1. The number of halogens is 1. The standard InChI is InChI=1S/C32H41FN4O5/c1-22(33)21-34-30(39)26-13-5-6-18-42-25-12-7-11-24(19-25)20-28(37-17-8-14-29(37)38)32(41)36-27(31(40)35-26)16-15-23-9-3-2-4-10-23/h2-4,7,9-12,19,22,26-28H,5-6,8,13-18,20-21H2,1H3,(H,34,39)(H,35,40)(H,36,41)/t22?,26-,27-,28-/m0/s1. The van der Waals surface area contributed by atoms with E-state index in [4.69, 9.17) is 4.74 Å². The van der Waals surface area contributed by atoms with Gasteiger partial charge in [0.05, 0.1) is 6.61 Å². The van der Waals surface area contributed by atoms with Crippen LogP contribution in [0.15, 0.2) is 54.6 Å². The number of rotatable bonds is 7. The number of carbonyl (C=O) groups is 4. The van der Waals surface area contributed by atoms with Crippen molar-refractivity contribution in [1.82, 2.24) is 20.9 Å². The fourth-order valence-electron chi connectivity index (χ4n) is 5.37. The quantitative estimate of drug-likeness (QED) is 0.466. The summed E-state index contributed by atoms with van der Waals surface area (Å²) in [6, 6.07) is 14.4. The van der Waals surface area contributed by atoms with Gasteiger partial charge in [-0.05, 0) is 68.7 Å². The Kier molecular flexibility index (Phi) is 11.3. The van der Waals surface area contributed by atoms with Crippen LogP contribution < -0.4 is 20.7 Å². The van der Waals surface area contributed by atoms with E-state index in [1.165, 1.54) is 6.92 Å². The molecule has 2 aliphatic heterocycles. The number of hydrogen-bond donors (Lipinski definition) is 3. The van der Waals surface area contributed by atoms with Crippen LogP contribution in [0.3, 0.4) is 0 Å². The number of aryl methyl sites for hydroxylation is 1. The highest BCUT2D eigenvalue weighted by Gasteiger charge is 2.35. The van der Waals surface area contributed by atoms with Crippen molar-refractivity contribution < 1.29 is 28.3 Å². The first-order valence-electron chi connectivity index (χ1n) is 14.9. The lowest BCUT2D eigenvalue weighted by Crippen LogP contribution is -2.57. The van der Waals surface area contributed by atoms with Gasteiger partial charge in [-0.25, -0.2) is 4.39 Å². The number of carbonyl (C=O) groups excluding carboxylic acids is 4. The second kappa shape index (κ2) is 15.3. The van der Waals surface area contributed by atoms with Crippen LogP contribution in [-0.2, 0) is 32.0 Å². The van der Waals surface area contributed by atoms with E-state index in [1.54, 1.807) is 4.90 Å². The van der Waals surface area contributed by atoms with Crippen LogP contribution in [0.5, 0.6) is 5.75 Å². The van der Waals surface area contributed by atoms with Crippen molar-refractivity contribution >= 4 is 23.6 Å². The Balaban J connectivity index is 1.62. The van der Waals surface area contributed by atoms with Gasteiger partial charge in [0.2, 0.25) is 23.6 Å². The van der Waals surface area contributed by atoms with Crippen LogP contribution in [0.4, 0.5) is 4.39 Å². The Morgan fingerprint density at radius 2 is 1.86 bits per heavy atom. The number of alkyl halides is 1. The van der Waals surface area contributed by atoms with Crippen molar-refractivity contribution in [2.75, 3.05) is 19.7 Å². The first-order chi connectivity index (χ1) is 20.3. The molecule has 2 aliphatic rings. The zero-order valence-corrected chi connectivity index (χ0v) is 24.2. The average Bonchev–Trinajstić information content (AvgIpc) is 3.41. The van der Waals surface area contributed by atoms with Crippen molar-refractivity contribution in [2.24, 2.45) is 0 Å². The molecule has 3 N–H and O–H groups in total. The summed E-state index contributed by atoms with van der Waals surface area (Å²) in [7, 11) is 0. The lowest BCUT2D eigenvalue weighted by Gasteiger charge is -2.30. The molecule has 0 aromatic heterocycles. The Morgan fingerprint density at radius 1 is 1.05 bits per heavy atom. The molecule has 4 rings (SSSR count). The number of fused-ring (bicyclic) bond motifs is 2. The minimum atomic E-state index is -1.23. The van der Waals surface area contributed by atoms with Gasteiger partial charge in [-0.3, -0.25) is 19.2 Å². The minimum absolute atomic E-state index is 0.0962. The van der Waals surface area contributed by atoms with Crippen molar-refractivity contribution in [3.63, 3.8) is 0 Å². The van der Waals surface area contributed by atoms with Crippen molar-refractivity contribution in [1.29, 1.82) is 0 Å². The molecule has 2 heterocycles. The normalized spacial score (nSPS) is 23.0. The molecule has 0 aliphatic carbocycles. The maximum Gasteiger partial charge on any atom is 0.243 e. The van der Waals surface area contributed by atoms with E-state index in [-0.39, 0.29) is 18.9 Å². The van der Waals surface area contributed by atoms with Gasteiger partial charge in [-0.2, -0.15) is 0 Å². The van der Waals surface area contributed by atoms with Crippen molar-refractivity contribution in [2.45, 2.75) is 82.6 Å². The first-order valence-corrected chi connectivity index (χ1v) is 14.9. The number of ether oxygens (including phenoxy) is 1. The molecule has 4 atom stereocenters. The Bertz CT molecular complexity index is 1220. The van der Waals surface area contributed by atoms with E-state index < -0.39 is 42.0 Å². The lowest BCUT2D eigenvalue weighted by molar-refractivity contribution is -0.139. The number of benzene rings is 2. The molecule has 1 saturated heterocycles. The maximum absolute atomic E-state index is 13.9. The van der Waals surface area contributed by atoms with E-state index in [9.17, 15) is 23.6 Å². The largest absolute Gasteiger partial charge is 0.494 e. The number of amides is 4. The fourth-order valence-corrected chi connectivity index (χ4v) is 5.37. The molecule has 2 aromatic rings. The van der Waals surface area contributed by atoms with Gasteiger partial charge in [-0.1, -0.05) is 42.5 Å². The third kappa shape index (κ3) is 9.03. The van der Waals surface area contributed by atoms with E-state index in [0.29, 0.717) is 63.8 Å². The van der Waals surface area contributed by atoms with Gasteiger partial charge in [0, 0.05) is 25.9 Å². The summed E-state index contributed by atoms with van der Waals surface area (Å²) < 4.78 is 19.4. The van der Waals surface area contributed by atoms with E-state index >= 15 is 0 Å². The number of hydrogen-bond acceptors (Lipinski definition) is 5. The van der Waals surface area contributed by atoms with E-state index in [2.05, 4.69) is 16.0 Å². The van der Waals surface area contributed by atoms with Crippen LogP contribution in [0.1, 0.15) is 56.6 Å². The van der Waals surface area contributed by atoms with Crippen LogP contribution >= 0.6 is 0 Å². The smallest absolute Gasteiger partial charge is 0.243 e. The van der Waals surface area contributed by atoms with Gasteiger partial charge in [0.15, 0.2) is 0 Å². The fraction of sp³-hybridized carbons (Fsp3) is 0.500. The van der Waals surface area contributed by atoms with Gasteiger partial charge in [0.1, 0.15) is 30.0 Å². The molecule has 42 heavy (non-hydrogen) atoms. The molecule has 0 radical (unpaired) electrons. The van der Waals surface area contributed by atoms with Crippen molar-refractivity contribution in [3.8, 4) is 5.75 Å². The summed E-state index contributed by atoms with van der Waals surface area (Å²) in [6.45, 7) is 2.05. The molecule has 1 fully saturated rings. The average molecular weight is 581 g/mol. The third-order valence-electron chi connectivity index (χ3n) is 7.66. The van der Waals surface area contributed by atoms with Gasteiger partial charge in [-0.15, -0.1) is 0 Å². The highest BCUT2D eigenvalue weighted by molar-refractivity contribution is 5.94. The zero-order chi connectivity index (χ0) is 29.9. The molecule has 2 aromatic carbocycles. The predicted octanol–water partition coefficient (Wildman–Crippen LogP) is 2.86. The first kappa shape index (κ1) is 31.0. The predicted molar refractivity (Wildman–Crippen MR) is 156 cm³/mol.